The van der Waals surface area contributed by atoms with Crippen molar-refractivity contribution in [3.05, 3.63) is 124 Å². The largest absolute Gasteiger partial charge is 0.378 e. The van der Waals surface area contributed by atoms with Gasteiger partial charge in [0.15, 0.2) is 11.6 Å². The summed E-state index contributed by atoms with van der Waals surface area (Å²) >= 11 is 5.97. The fourth-order valence-electron chi connectivity index (χ4n) is 4.20. The van der Waals surface area contributed by atoms with Gasteiger partial charge in [0.1, 0.15) is 0 Å². The number of ketones is 2. The van der Waals surface area contributed by atoms with E-state index in [2.05, 4.69) is 5.32 Å². The molecule has 1 aliphatic rings. The van der Waals surface area contributed by atoms with Gasteiger partial charge in [-0.3, -0.25) is 9.59 Å². The Balaban J connectivity index is 1.44. The normalized spacial score (nSPS) is 12.7. The number of fused-ring (bicyclic) bond motifs is 3. The van der Waals surface area contributed by atoms with Crippen molar-refractivity contribution in [3.8, 4) is 11.1 Å². The molecular formula is C28H20ClNO2. The molecule has 1 N–H and O–H groups in total. The van der Waals surface area contributed by atoms with E-state index >= 15 is 0 Å². The minimum atomic E-state index is -0.240. The summed E-state index contributed by atoms with van der Waals surface area (Å²) in [6.45, 7) is 0. The van der Waals surface area contributed by atoms with E-state index in [9.17, 15) is 9.59 Å². The monoisotopic (exact) mass is 437 g/mol. The topological polar surface area (TPSA) is 46.2 Å². The maximum atomic E-state index is 13.0. The number of Topliss-reactive ketones (excluding diaryl/α,β-unsaturated/α-hetero) is 1. The maximum absolute atomic E-state index is 13.0. The van der Waals surface area contributed by atoms with Crippen LogP contribution in [0.25, 0.3) is 11.1 Å². The smallest absolute Gasteiger partial charge is 0.194 e. The molecule has 0 amide bonds. The van der Waals surface area contributed by atoms with Crippen molar-refractivity contribution in [2.75, 3.05) is 5.32 Å². The Labute approximate surface area is 191 Å². The van der Waals surface area contributed by atoms with E-state index in [-0.39, 0.29) is 24.0 Å². The number of benzene rings is 4. The minimum absolute atomic E-state index is 0.0210. The predicted octanol–water partition coefficient (Wildman–Crippen LogP) is 6.98. The molecule has 32 heavy (non-hydrogen) atoms. The van der Waals surface area contributed by atoms with Crippen LogP contribution in [0.4, 0.5) is 5.69 Å². The van der Waals surface area contributed by atoms with Crippen molar-refractivity contribution in [3.63, 3.8) is 0 Å². The lowest BCUT2D eigenvalue weighted by molar-refractivity contribution is 0.0975. The van der Waals surface area contributed by atoms with Gasteiger partial charge < -0.3 is 5.32 Å². The van der Waals surface area contributed by atoms with E-state index in [1.54, 1.807) is 24.3 Å². The molecule has 4 aromatic rings. The molecule has 1 atom stereocenters. The van der Waals surface area contributed by atoms with E-state index in [0.29, 0.717) is 16.1 Å². The summed E-state index contributed by atoms with van der Waals surface area (Å²) in [6, 6.07) is 30.1. The second-order valence-electron chi connectivity index (χ2n) is 7.88. The highest BCUT2D eigenvalue weighted by Crippen LogP contribution is 2.38. The molecule has 3 nitrogen and oxygen atoms in total. The van der Waals surface area contributed by atoms with Crippen molar-refractivity contribution in [1.82, 2.24) is 0 Å². The minimum Gasteiger partial charge on any atom is -0.378 e. The summed E-state index contributed by atoms with van der Waals surface area (Å²) in [5, 5.41) is 4.09. The molecule has 5 rings (SSSR count). The van der Waals surface area contributed by atoms with Gasteiger partial charge in [0, 0.05) is 33.8 Å². The van der Waals surface area contributed by atoms with Crippen LogP contribution in [0.5, 0.6) is 0 Å². The number of carbonyl (C=O) groups excluding carboxylic acids is 2. The highest BCUT2D eigenvalue weighted by molar-refractivity contribution is 6.30. The van der Waals surface area contributed by atoms with Crippen molar-refractivity contribution >= 4 is 28.9 Å². The van der Waals surface area contributed by atoms with Gasteiger partial charge in [0.25, 0.3) is 0 Å². The van der Waals surface area contributed by atoms with Crippen LogP contribution in [0.3, 0.4) is 0 Å². The van der Waals surface area contributed by atoms with Crippen LogP contribution in [-0.2, 0) is 0 Å². The lowest BCUT2D eigenvalue weighted by Crippen LogP contribution is -2.16. The molecule has 0 unspecified atom stereocenters. The second-order valence-corrected chi connectivity index (χ2v) is 8.31. The quantitative estimate of drug-likeness (QED) is 0.291. The maximum Gasteiger partial charge on any atom is 0.194 e. The van der Waals surface area contributed by atoms with Crippen LogP contribution in [0, 0.1) is 0 Å². The zero-order valence-corrected chi connectivity index (χ0v) is 18.0. The first-order valence-electron chi connectivity index (χ1n) is 10.5. The third-order valence-corrected chi connectivity index (χ3v) is 6.08. The third-order valence-electron chi connectivity index (χ3n) is 5.82. The Hall–Kier alpha value is -3.69. The van der Waals surface area contributed by atoms with Gasteiger partial charge in [-0.15, -0.1) is 0 Å². The van der Waals surface area contributed by atoms with E-state index in [4.69, 9.17) is 11.6 Å². The number of rotatable bonds is 6. The lowest BCUT2D eigenvalue weighted by atomic mass is 9.97. The first-order chi connectivity index (χ1) is 15.6. The zero-order chi connectivity index (χ0) is 22.1. The van der Waals surface area contributed by atoms with Crippen molar-refractivity contribution < 1.29 is 9.59 Å². The standard InChI is InChI=1S/C28H20ClNO2/c29-20-12-10-19(11-13-20)27(31)17-26(18-6-2-1-3-7-18)30-21-14-15-23-22-8-4-5-9-24(22)28(32)25(23)16-21/h1-16,26,30H,17H2/t26-/m1/s1. The Bertz CT molecular complexity index is 1310. The lowest BCUT2D eigenvalue weighted by Gasteiger charge is -2.20. The van der Waals surface area contributed by atoms with Crippen LogP contribution in [0.2, 0.25) is 5.02 Å². The summed E-state index contributed by atoms with van der Waals surface area (Å²) in [4.78, 5) is 25.9. The van der Waals surface area contributed by atoms with Gasteiger partial charge in [0.05, 0.1) is 6.04 Å². The highest BCUT2D eigenvalue weighted by atomic mass is 35.5. The predicted molar refractivity (Wildman–Crippen MR) is 129 cm³/mol. The number of halogens is 1. The fraction of sp³-hybridized carbons (Fsp3) is 0.0714. The molecule has 1 aliphatic carbocycles. The molecule has 0 radical (unpaired) electrons. The number of anilines is 1. The van der Waals surface area contributed by atoms with Crippen LogP contribution in [0.15, 0.2) is 97.1 Å². The molecular weight excluding hydrogens is 418 g/mol. The van der Waals surface area contributed by atoms with Gasteiger partial charge in [-0.1, -0.05) is 72.3 Å². The van der Waals surface area contributed by atoms with E-state index in [0.717, 1.165) is 27.9 Å². The van der Waals surface area contributed by atoms with Crippen LogP contribution in [-0.4, -0.2) is 11.6 Å². The van der Waals surface area contributed by atoms with Crippen LogP contribution in [0.1, 0.15) is 44.3 Å². The number of hydrogen-bond donors (Lipinski definition) is 1. The van der Waals surface area contributed by atoms with Crippen LogP contribution >= 0.6 is 11.6 Å². The molecule has 0 saturated heterocycles. The molecule has 4 aromatic carbocycles. The molecule has 0 heterocycles. The number of carbonyl (C=O) groups is 2. The molecule has 0 fully saturated rings. The molecule has 4 heteroatoms. The fourth-order valence-corrected chi connectivity index (χ4v) is 4.32. The van der Waals surface area contributed by atoms with Gasteiger partial charge in [-0.05, 0) is 53.1 Å². The van der Waals surface area contributed by atoms with Crippen molar-refractivity contribution in [1.29, 1.82) is 0 Å². The first-order valence-corrected chi connectivity index (χ1v) is 10.9. The van der Waals surface area contributed by atoms with E-state index in [1.165, 1.54) is 0 Å². The van der Waals surface area contributed by atoms with E-state index < -0.39 is 0 Å². The molecule has 0 saturated carbocycles. The average Bonchev–Trinajstić information content (AvgIpc) is 3.11. The second kappa shape index (κ2) is 8.45. The summed E-state index contributed by atoms with van der Waals surface area (Å²) in [7, 11) is 0. The van der Waals surface area contributed by atoms with Crippen molar-refractivity contribution in [2.24, 2.45) is 0 Å². The van der Waals surface area contributed by atoms with Crippen molar-refractivity contribution in [2.45, 2.75) is 12.5 Å². The Morgan fingerprint density at radius 2 is 1.41 bits per heavy atom. The van der Waals surface area contributed by atoms with Gasteiger partial charge in [-0.25, -0.2) is 0 Å². The number of hydrogen-bond acceptors (Lipinski definition) is 3. The Morgan fingerprint density at radius 3 is 2.16 bits per heavy atom. The van der Waals surface area contributed by atoms with E-state index in [1.807, 2.05) is 72.8 Å². The summed E-state index contributed by atoms with van der Waals surface area (Å²) in [6.07, 6.45) is 0.275. The SMILES string of the molecule is O=C(C[C@@H](Nc1ccc2c(c1)C(=O)c1ccccc1-2)c1ccccc1)c1ccc(Cl)cc1. The number of nitrogens with one attached hydrogen (secondary N) is 1. The van der Waals surface area contributed by atoms with Gasteiger partial charge in [-0.2, -0.15) is 0 Å². The van der Waals surface area contributed by atoms with Gasteiger partial charge >= 0.3 is 0 Å². The van der Waals surface area contributed by atoms with Gasteiger partial charge in [0.2, 0.25) is 0 Å². The molecule has 0 spiro atoms. The third kappa shape index (κ3) is 3.83. The molecule has 0 aromatic heterocycles. The average molecular weight is 438 g/mol. The molecule has 156 valence electrons. The van der Waals surface area contributed by atoms with Crippen LogP contribution < -0.4 is 5.32 Å². The summed E-state index contributed by atoms with van der Waals surface area (Å²) in [5.41, 5.74) is 5.77. The Kier molecular flexibility index (Phi) is 5.34. The summed E-state index contributed by atoms with van der Waals surface area (Å²) in [5.74, 6) is 0.0559. The molecule has 0 aliphatic heterocycles. The molecule has 0 bridgehead atoms. The highest BCUT2D eigenvalue weighted by Gasteiger charge is 2.27. The summed E-state index contributed by atoms with van der Waals surface area (Å²) < 4.78 is 0. The zero-order valence-electron chi connectivity index (χ0n) is 17.2. The Morgan fingerprint density at radius 1 is 0.750 bits per heavy atom. The first kappa shape index (κ1) is 20.2.